The molecule has 0 aliphatic carbocycles. The van der Waals surface area contributed by atoms with E-state index in [1.165, 1.54) is 46.6 Å². The summed E-state index contributed by atoms with van der Waals surface area (Å²) in [7, 11) is 0. The van der Waals surface area contributed by atoms with Crippen molar-refractivity contribution in [3.63, 3.8) is 0 Å². The van der Waals surface area contributed by atoms with Crippen LogP contribution < -0.4 is 15.5 Å². The van der Waals surface area contributed by atoms with Gasteiger partial charge in [-0.3, -0.25) is 14.9 Å². The summed E-state index contributed by atoms with van der Waals surface area (Å²) in [6.45, 7) is 0. The number of anilines is 1. The summed E-state index contributed by atoms with van der Waals surface area (Å²) in [4.78, 5) is 37.1. The minimum absolute atomic E-state index is 0.145. The zero-order valence-corrected chi connectivity index (χ0v) is 19.1. The molecule has 3 aromatic heterocycles. The molecule has 0 saturated heterocycles. The molecular weight excluding hydrogens is 494 g/mol. The number of esters is 1. The molecule has 162 valence electrons. The first-order chi connectivity index (χ1) is 15.5. The summed E-state index contributed by atoms with van der Waals surface area (Å²) in [6.07, 6.45) is 1.08. The number of ether oxygens (including phenoxy) is 1. The van der Waals surface area contributed by atoms with E-state index < -0.39 is 11.4 Å². The van der Waals surface area contributed by atoms with E-state index in [-0.39, 0.29) is 22.2 Å². The Morgan fingerprint density at radius 1 is 1.19 bits per heavy atom. The molecule has 0 aliphatic rings. The molecule has 1 aromatic carbocycles. The summed E-state index contributed by atoms with van der Waals surface area (Å²) in [5, 5.41) is 13.0. The van der Waals surface area contributed by atoms with Crippen molar-refractivity contribution >= 4 is 63.0 Å². The van der Waals surface area contributed by atoms with Gasteiger partial charge in [-0.25, -0.2) is 4.79 Å². The number of thioether (sulfide) groups is 1. The van der Waals surface area contributed by atoms with E-state index in [0.29, 0.717) is 25.9 Å². The van der Waals surface area contributed by atoms with E-state index in [1.54, 1.807) is 30.3 Å². The molecule has 32 heavy (non-hydrogen) atoms. The van der Waals surface area contributed by atoms with Crippen LogP contribution in [0.5, 0.6) is 5.75 Å². The van der Waals surface area contributed by atoms with E-state index in [2.05, 4.69) is 15.5 Å². The molecule has 8 nitrogen and oxygen atoms in total. The highest BCUT2D eigenvalue weighted by Gasteiger charge is 2.16. The van der Waals surface area contributed by atoms with Gasteiger partial charge in [0.2, 0.25) is 16.3 Å². The van der Waals surface area contributed by atoms with Crippen LogP contribution in [0.2, 0.25) is 5.02 Å². The van der Waals surface area contributed by atoms with Crippen LogP contribution in [0.4, 0.5) is 5.13 Å². The first-order valence-corrected chi connectivity index (χ1v) is 11.9. The second kappa shape index (κ2) is 10.1. The van der Waals surface area contributed by atoms with Crippen LogP contribution in [0.25, 0.3) is 0 Å². The molecule has 4 aromatic rings. The number of benzene rings is 1. The number of rotatable bonds is 7. The maximum Gasteiger partial charge on any atom is 0.345 e. The Balaban J connectivity index is 1.35. The first kappa shape index (κ1) is 22.2. The van der Waals surface area contributed by atoms with Crippen molar-refractivity contribution < 1.29 is 18.7 Å². The van der Waals surface area contributed by atoms with Crippen LogP contribution in [0, 0.1) is 0 Å². The Kier molecular flexibility index (Phi) is 7.00. The second-order valence-electron chi connectivity index (χ2n) is 6.04. The topological polar surface area (TPSA) is 111 Å². The van der Waals surface area contributed by atoms with Crippen molar-refractivity contribution in [3.8, 4) is 5.75 Å². The van der Waals surface area contributed by atoms with Crippen LogP contribution in [0.15, 0.2) is 67.7 Å². The summed E-state index contributed by atoms with van der Waals surface area (Å²) in [6, 6.07) is 11.1. The minimum atomic E-state index is -0.754. The average molecular weight is 506 g/mol. The SMILES string of the molecule is O=C(Nc1nnc(SCc2cc(=O)c(OC(=O)c3ccccc3Cl)co2)s1)c1cccs1. The lowest BCUT2D eigenvalue weighted by Gasteiger charge is -2.05. The van der Waals surface area contributed by atoms with E-state index in [9.17, 15) is 14.4 Å². The standard InChI is InChI=1S/C20H12ClN3O5S3/c21-13-5-2-1-4-12(13)18(27)29-15-9-28-11(8-14(15)25)10-31-20-24-23-19(32-20)22-17(26)16-6-3-7-30-16/h1-9H,10H2,(H,22,23,26). The first-order valence-electron chi connectivity index (χ1n) is 8.89. The van der Waals surface area contributed by atoms with Gasteiger partial charge in [0.25, 0.3) is 5.91 Å². The molecule has 1 N–H and O–H groups in total. The molecule has 0 unspecified atom stereocenters. The predicted octanol–water partition coefficient (Wildman–Crippen LogP) is 4.97. The molecule has 0 saturated carbocycles. The average Bonchev–Trinajstić information content (AvgIpc) is 3.46. The number of halogens is 1. The Morgan fingerprint density at radius 2 is 2.03 bits per heavy atom. The summed E-state index contributed by atoms with van der Waals surface area (Å²) >= 11 is 9.79. The van der Waals surface area contributed by atoms with Crippen molar-refractivity contribution in [3.05, 3.63) is 85.6 Å². The zero-order valence-electron chi connectivity index (χ0n) is 15.9. The number of carbonyl (C=O) groups excluding carboxylic acids is 2. The predicted molar refractivity (Wildman–Crippen MR) is 123 cm³/mol. The number of thiophene rings is 1. The van der Waals surface area contributed by atoms with Crippen molar-refractivity contribution in [2.45, 2.75) is 10.1 Å². The third-order valence-corrected chi connectivity index (χ3v) is 7.05. The Morgan fingerprint density at radius 3 is 2.78 bits per heavy atom. The number of amides is 1. The van der Waals surface area contributed by atoms with E-state index in [0.717, 1.165) is 6.26 Å². The van der Waals surface area contributed by atoms with E-state index in [1.807, 2.05) is 5.38 Å². The van der Waals surface area contributed by atoms with Gasteiger partial charge in [0.1, 0.15) is 12.0 Å². The fraction of sp³-hybridized carbons (Fsp3) is 0.0500. The van der Waals surface area contributed by atoms with Gasteiger partial charge in [-0.15, -0.1) is 21.5 Å². The molecule has 3 heterocycles. The highest BCUT2D eigenvalue weighted by molar-refractivity contribution is 8.00. The number of carbonyl (C=O) groups is 2. The second-order valence-corrected chi connectivity index (χ2v) is 9.59. The fourth-order valence-electron chi connectivity index (χ4n) is 2.39. The minimum Gasteiger partial charge on any atom is -0.464 e. The molecule has 0 spiro atoms. The maximum absolute atomic E-state index is 12.3. The lowest BCUT2D eigenvalue weighted by molar-refractivity contribution is 0.0728. The van der Waals surface area contributed by atoms with Gasteiger partial charge < -0.3 is 9.15 Å². The largest absolute Gasteiger partial charge is 0.464 e. The molecule has 12 heteroatoms. The van der Waals surface area contributed by atoms with Crippen molar-refractivity contribution in [1.82, 2.24) is 10.2 Å². The van der Waals surface area contributed by atoms with E-state index in [4.69, 9.17) is 20.8 Å². The third-order valence-electron chi connectivity index (χ3n) is 3.86. The van der Waals surface area contributed by atoms with Gasteiger partial charge in [0, 0.05) is 6.07 Å². The molecule has 0 bridgehead atoms. The van der Waals surface area contributed by atoms with Crippen LogP contribution in [0.3, 0.4) is 0 Å². The zero-order chi connectivity index (χ0) is 22.5. The Labute approximate surface area is 198 Å². The lowest BCUT2D eigenvalue weighted by atomic mass is 10.2. The van der Waals surface area contributed by atoms with Gasteiger partial charge in [-0.1, -0.05) is 52.9 Å². The number of hydrogen-bond acceptors (Lipinski definition) is 10. The third kappa shape index (κ3) is 5.43. The molecule has 0 aliphatic heterocycles. The maximum atomic E-state index is 12.3. The van der Waals surface area contributed by atoms with Crippen molar-refractivity contribution in [2.24, 2.45) is 0 Å². The number of nitrogens with one attached hydrogen (secondary N) is 1. The Hall–Kier alpha value is -2.99. The van der Waals surface area contributed by atoms with Crippen molar-refractivity contribution in [2.75, 3.05) is 5.32 Å². The highest BCUT2D eigenvalue weighted by atomic mass is 35.5. The van der Waals surface area contributed by atoms with Gasteiger partial charge in [-0.2, -0.15) is 0 Å². The summed E-state index contributed by atoms with van der Waals surface area (Å²) in [5.41, 5.74) is -0.361. The lowest BCUT2D eigenvalue weighted by Crippen LogP contribution is -2.15. The van der Waals surface area contributed by atoms with E-state index >= 15 is 0 Å². The van der Waals surface area contributed by atoms with Crippen LogP contribution in [-0.4, -0.2) is 22.1 Å². The molecule has 0 fully saturated rings. The normalized spacial score (nSPS) is 10.7. The molecule has 1 amide bonds. The summed E-state index contributed by atoms with van der Waals surface area (Å²) < 4.78 is 11.1. The van der Waals surface area contributed by atoms with Gasteiger partial charge >= 0.3 is 5.97 Å². The summed E-state index contributed by atoms with van der Waals surface area (Å²) in [5.74, 6) is -0.590. The molecule has 4 rings (SSSR count). The fourth-order valence-corrected chi connectivity index (χ4v) is 4.86. The van der Waals surface area contributed by atoms with Crippen LogP contribution >= 0.6 is 46.0 Å². The van der Waals surface area contributed by atoms with Crippen LogP contribution in [0.1, 0.15) is 25.8 Å². The van der Waals surface area contributed by atoms with Gasteiger partial charge in [-0.05, 0) is 23.6 Å². The monoisotopic (exact) mass is 505 g/mol. The highest BCUT2D eigenvalue weighted by Crippen LogP contribution is 2.29. The molecule has 0 atom stereocenters. The molecular formula is C20H12ClN3O5S3. The number of aromatic nitrogens is 2. The Bertz CT molecular complexity index is 1320. The smallest absolute Gasteiger partial charge is 0.345 e. The number of hydrogen-bond donors (Lipinski definition) is 1. The van der Waals surface area contributed by atoms with Gasteiger partial charge in [0.05, 0.1) is 21.2 Å². The van der Waals surface area contributed by atoms with Gasteiger partial charge in [0.15, 0.2) is 4.34 Å². The van der Waals surface area contributed by atoms with Crippen molar-refractivity contribution in [1.29, 1.82) is 0 Å². The number of nitrogens with zero attached hydrogens (tertiary/aromatic N) is 2. The van der Waals surface area contributed by atoms with Crippen LogP contribution in [-0.2, 0) is 5.75 Å². The molecule has 0 radical (unpaired) electrons. The quantitative estimate of drug-likeness (QED) is 0.213.